The van der Waals surface area contributed by atoms with Crippen LogP contribution in [0.3, 0.4) is 0 Å². The van der Waals surface area contributed by atoms with E-state index < -0.39 is 11.9 Å². The van der Waals surface area contributed by atoms with Crippen molar-refractivity contribution in [1.82, 2.24) is 10.9 Å². The van der Waals surface area contributed by atoms with Gasteiger partial charge in [-0.2, -0.15) is 10.2 Å². The van der Waals surface area contributed by atoms with Gasteiger partial charge in [0.15, 0.2) is 0 Å². The van der Waals surface area contributed by atoms with Gasteiger partial charge in [0, 0.05) is 32.9 Å². The van der Waals surface area contributed by atoms with Crippen molar-refractivity contribution in [3.8, 4) is 23.0 Å². The Balaban J connectivity index is 1.20. The first kappa shape index (κ1) is 37.5. The van der Waals surface area contributed by atoms with Gasteiger partial charge in [0.25, 0.3) is 0 Å². The molecule has 0 unspecified atom stereocenters. The molecule has 0 aliphatic heterocycles. The molecule has 0 saturated carbocycles. The lowest BCUT2D eigenvalue weighted by molar-refractivity contribution is -0.123. The second-order valence-corrected chi connectivity index (χ2v) is 12.2. The molecule has 4 aromatic carbocycles. The fourth-order valence-electron chi connectivity index (χ4n) is 4.23. The number of hydrogen-bond acceptors (Lipinski definition) is 10. The number of hydrogen-bond donors (Lipinski definition) is 2. The highest BCUT2D eigenvalue weighted by Gasteiger charge is 2.14. The van der Waals surface area contributed by atoms with Gasteiger partial charge in [-0.25, -0.2) is 20.4 Å². The third kappa shape index (κ3) is 11.7. The minimum atomic E-state index is -0.562. The van der Waals surface area contributed by atoms with E-state index in [4.69, 9.17) is 18.9 Å². The fraction of sp³-hybridized carbons (Fsp3) is 0.167. The van der Waals surface area contributed by atoms with Crippen LogP contribution < -0.4 is 29.8 Å². The third-order valence-corrected chi connectivity index (χ3v) is 7.83. The Hall–Kier alpha value is -5.34. The van der Waals surface area contributed by atoms with Gasteiger partial charge in [0.05, 0.1) is 37.8 Å². The van der Waals surface area contributed by atoms with Crippen LogP contribution in [0.4, 0.5) is 0 Å². The van der Waals surface area contributed by atoms with E-state index in [2.05, 4.69) is 52.9 Å². The molecule has 0 spiro atoms. The van der Waals surface area contributed by atoms with Crippen molar-refractivity contribution in [3.05, 3.63) is 116 Å². The molecular weight excluding hydrogens is 776 g/mol. The molecule has 2 amide bonds. The van der Waals surface area contributed by atoms with Gasteiger partial charge in [0.1, 0.15) is 23.0 Å². The SMILES string of the molecule is COc1ccc(C(=O)Oc2ccc(Br)cc2/C=N/NC(=O)CCCCC(=O)N/N=C/c2cc(Br)ccc2OC(=O)c2ccc(OC)cc2)cc1. The number of methoxy groups -OCH3 is 2. The van der Waals surface area contributed by atoms with E-state index in [-0.39, 0.29) is 36.2 Å². The second-order valence-electron chi connectivity index (χ2n) is 10.4. The second kappa shape index (κ2) is 19.0. The smallest absolute Gasteiger partial charge is 0.343 e. The quantitative estimate of drug-likeness (QED) is 0.0436. The highest BCUT2D eigenvalue weighted by Crippen LogP contribution is 2.25. The van der Waals surface area contributed by atoms with Crippen LogP contribution in [-0.2, 0) is 9.59 Å². The largest absolute Gasteiger partial charge is 0.497 e. The van der Waals surface area contributed by atoms with E-state index in [9.17, 15) is 19.2 Å². The first-order valence-corrected chi connectivity index (χ1v) is 16.7. The van der Waals surface area contributed by atoms with Crippen molar-refractivity contribution < 1.29 is 38.1 Å². The van der Waals surface area contributed by atoms with Crippen molar-refractivity contribution >= 4 is 68.0 Å². The summed E-state index contributed by atoms with van der Waals surface area (Å²) in [5.74, 6) is -0.0863. The number of nitrogens with one attached hydrogen (secondary N) is 2. The first-order valence-electron chi connectivity index (χ1n) is 15.1. The number of esters is 2. The van der Waals surface area contributed by atoms with E-state index in [0.29, 0.717) is 46.6 Å². The number of hydrazone groups is 2. The maximum atomic E-state index is 12.6. The molecule has 4 aromatic rings. The predicted molar refractivity (Wildman–Crippen MR) is 194 cm³/mol. The topological polar surface area (TPSA) is 154 Å². The zero-order valence-corrected chi connectivity index (χ0v) is 30.2. The van der Waals surface area contributed by atoms with E-state index >= 15 is 0 Å². The summed E-state index contributed by atoms with van der Waals surface area (Å²) < 4.78 is 22.8. The highest BCUT2D eigenvalue weighted by atomic mass is 79.9. The maximum Gasteiger partial charge on any atom is 0.343 e. The lowest BCUT2D eigenvalue weighted by Crippen LogP contribution is -2.19. The summed E-state index contributed by atoms with van der Waals surface area (Å²) in [5, 5.41) is 7.99. The standard InChI is InChI=1S/C36H32Br2N4O8/c1-47-29-13-7-23(8-14-29)35(45)49-31-17-11-27(37)19-25(31)21-39-41-33(43)5-3-4-6-34(44)42-40-22-26-20-28(38)12-18-32(26)50-36(46)24-9-15-30(48-2)16-10-24/h7-22H,3-6H2,1-2H3,(H,41,43)(H,42,44)/b39-21+,40-22+. The Morgan fingerprint density at radius 1 is 0.600 bits per heavy atom. The molecule has 0 aliphatic rings. The normalized spacial score (nSPS) is 10.9. The summed E-state index contributed by atoms with van der Waals surface area (Å²) in [7, 11) is 3.07. The molecule has 0 saturated heterocycles. The van der Waals surface area contributed by atoms with Gasteiger partial charge in [0.2, 0.25) is 11.8 Å². The molecule has 50 heavy (non-hydrogen) atoms. The van der Waals surface area contributed by atoms with Gasteiger partial charge in [-0.05, 0) is 97.8 Å². The molecule has 2 N–H and O–H groups in total. The van der Waals surface area contributed by atoms with E-state index in [1.54, 1.807) is 84.9 Å². The Bertz CT molecular complexity index is 1740. The number of rotatable bonds is 15. The van der Waals surface area contributed by atoms with Crippen LogP contribution in [0.2, 0.25) is 0 Å². The molecule has 0 atom stereocenters. The monoisotopic (exact) mass is 806 g/mol. The molecule has 14 heteroatoms. The lowest BCUT2D eigenvalue weighted by atomic mass is 10.2. The summed E-state index contributed by atoms with van der Waals surface area (Å²) in [6.45, 7) is 0. The Labute approximate surface area is 305 Å². The van der Waals surface area contributed by atoms with Crippen LogP contribution in [0.1, 0.15) is 57.5 Å². The van der Waals surface area contributed by atoms with Crippen LogP contribution in [0.25, 0.3) is 0 Å². The molecule has 258 valence electrons. The van der Waals surface area contributed by atoms with E-state index in [0.717, 1.165) is 8.95 Å². The van der Waals surface area contributed by atoms with Crippen molar-refractivity contribution in [1.29, 1.82) is 0 Å². The van der Waals surface area contributed by atoms with Gasteiger partial charge in [-0.3, -0.25) is 9.59 Å². The average molecular weight is 808 g/mol. The summed E-state index contributed by atoms with van der Waals surface area (Å²) in [6, 6.07) is 23.0. The molecule has 0 aromatic heterocycles. The number of halogens is 2. The number of carbonyl (C=O) groups excluding carboxylic acids is 4. The van der Waals surface area contributed by atoms with Gasteiger partial charge < -0.3 is 18.9 Å². The molecule has 0 aliphatic carbocycles. The van der Waals surface area contributed by atoms with Crippen LogP contribution in [0.5, 0.6) is 23.0 Å². The Kier molecular flexibility index (Phi) is 14.2. The average Bonchev–Trinajstić information content (AvgIpc) is 3.12. The number of ether oxygens (including phenoxy) is 4. The zero-order valence-electron chi connectivity index (χ0n) is 27.0. The summed E-state index contributed by atoms with van der Waals surface area (Å²) in [6.07, 6.45) is 3.87. The third-order valence-electron chi connectivity index (χ3n) is 6.84. The van der Waals surface area contributed by atoms with Crippen LogP contribution >= 0.6 is 31.9 Å². The number of benzene rings is 4. The lowest BCUT2D eigenvalue weighted by Gasteiger charge is -2.09. The summed E-state index contributed by atoms with van der Waals surface area (Å²) in [4.78, 5) is 49.9. The van der Waals surface area contributed by atoms with Crippen LogP contribution in [0, 0.1) is 0 Å². The molecule has 4 rings (SSSR count). The van der Waals surface area contributed by atoms with Gasteiger partial charge in [-0.1, -0.05) is 31.9 Å². The Morgan fingerprint density at radius 3 is 1.34 bits per heavy atom. The molecule has 0 fully saturated rings. The van der Waals surface area contributed by atoms with Crippen LogP contribution in [0.15, 0.2) is 104 Å². The van der Waals surface area contributed by atoms with Crippen LogP contribution in [-0.4, -0.2) is 50.4 Å². The van der Waals surface area contributed by atoms with E-state index in [1.165, 1.54) is 26.6 Å². The highest BCUT2D eigenvalue weighted by molar-refractivity contribution is 9.10. The number of carbonyl (C=O) groups is 4. The molecular formula is C36H32Br2N4O8. The first-order chi connectivity index (χ1) is 24.1. The molecule has 12 nitrogen and oxygen atoms in total. The molecule has 0 bridgehead atoms. The predicted octanol–water partition coefficient (Wildman–Crippen LogP) is 6.83. The molecule has 0 radical (unpaired) electrons. The van der Waals surface area contributed by atoms with Crippen molar-refractivity contribution in [2.24, 2.45) is 10.2 Å². The minimum absolute atomic E-state index is 0.132. The zero-order chi connectivity index (χ0) is 35.9. The number of nitrogens with zero attached hydrogens (tertiary/aromatic N) is 2. The van der Waals surface area contributed by atoms with Gasteiger partial charge in [-0.15, -0.1) is 0 Å². The summed E-state index contributed by atoms with van der Waals surface area (Å²) >= 11 is 6.77. The van der Waals surface area contributed by atoms with Crippen molar-refractivity contribution in [2.45, 2.75) is 25.7 Å². The number of unbranched alkanes of at least 4 members (excludes halogenated alkanes) is 1. The van der Waals surface area contributed by atoms with E-state index in [1.807, 2.05) is 0 Å². The Morgan fingerprint density at radius 2 is 0.980 bits per heavy atom. The minimum Gasteiger partial charge on any atom is -0.497 e. The fourth-order valence-corrected chi connectivity index (χ4v) is 4.99. The summed E-state index contributed by atoms with van der Waals surface area (Å²) in [5.41, 5.74) is 6.50. The van der Waals surface area contributed by atoms with Crippen molar-refractivity contribution in [2.75, 3.05) is 14.2 Å². The number of amides is 2. The van der Waals surface area contributed by atoms with Crippen molar-refractivity contribution in [3.63, 3.8) is 0 Å². The maximum absolute atomic E-state index is 12.6. The molecule has 0 heterocycles. The van der Waals surface area contributed by atoms with Gasteiger partial charge >= 0.3 is 11.9 Å².